The number of benzene rings is 1. The largest absolute Gasteiger partial charge is 0.364 e. The first-order valence-corrected chi connectivity index (χ1v) is 10.7. The molecule has 4 aromatic rings. The molecule has 3 heterocycles. The van der Waals surface area contributed by atoms with Gasteiger partial charge in [-0.2, -0.15) is 13.5 Å². The van der Waals surface area contributed by atoms with Crippen LogP contribution in [-0.2, 0) is 16.7 Å². The minimum Gasteiger partial charge on any atom is -0.364 e. The van der Waals surface area contributed by atoms with Crippen LogP contribution in [0.4, 0.5) is 14.6 Å². The van der Waals surface area contributed by atoms with Crippen LogP contribution in [0.25, 0.3) is 22.9 Å². The Morgan fingerprint density at radius 3 is 2.66 bits per heavy atom. The number of anilines is 1. The Labute approximate surface area is 180 Å². The molecule has 13 heteroatoms. The molecule has 2 N–H and O–H groups in total. The summed E-state index contributed by atoms with van der Waals surface area (Å²) in [5.41, 5.74) is 1.45. The number of rotatable bonds is 7. The van der Waals surface area contributed by atoms with Crippen molar-refractivity contribution in [1.29, 1.82) is 0 Å². The van der Waals surface area contributed by atoms with E-state index in [-0.39, 0.29) is 18.1 Å². The van der Waals surface area contributed by atoms with E-state index < -0.39 is 32.9 Å². The van der Waals surface area contributed by atoms with Gasteiger partial charge >= 0.3 is 0 Å². The van der Waals surface area contributed by atoms with Crippen molar-refractivity contribution in [3.63, 3.8) is 0 Å². The molecule has 0 radical (unpaired) electrons. The topological polar surface area (TPSA) is 136 Å². The summed E-state index contributed by atoms with van der Waals surface area (Å²) in [6.45, 7) is 1.18. The number of nitrogens with zero attached hydrogens (tertiary/aromatic N) is 5. The normalized spacial score (nSPS) is 12.6. The highest BCUT2D eigenvalue weighted by Gasteiger charge is 2.22. The Balaban J connectivity index is 1.74. The Morgan fingerprint density at radius 2 is 1.97 bits per heavy atom. The zero-order valence-electron chi connectivity index (χ0n) is 16.5. The predicted molar refractivity (Wildman–Crippen MR) is 109 cm³/mol. The van der Waals surface area contributed by atoms with Crippen LogP contribution in [0, 0.1) is 11.6 Å². The number of nitrogens with one attached hydrogen (secondary N) is 1. The van der Waals surface area contributed by atoms with E-state index >= 15 is 0 Å². The lowest BCUT2D eigenvalue weighted by Crippen LogP contribution is -2.26. The maximum absolute atomic E-state index is 14.2. The van der Waals surface area contributed by atoms with Crippen LogP contribution in [-0.4, -0.2) is 43.2 Å². The third-order valence-electron chi connectivity index (χ3n) is 4.52. The van der Waals surface area contributed by atoms with Gasteiger partial charge in [0.1, 0.15) is 23.5 Å². The van der Waals surface area contributed by atoms with E-state index in [1.54, 1.807) is 30.3 Å². The zero-order valence-corrected chi connectivity index (χ0v) is 17.3. The van der Waals surface area contributed by atoms with Gasteiger partial charge in [0.2, 0.25) is 0 Å². The molecule has 1 unspecified atom stereocenters. The molecule has 0 spiro atoms. The van der Waals surface area contributed by atoms with Crippen molar-refractivity contribution in [2.45, 2.75) is 18.8 Å². The predicted octanol–water partition coefficient (Wildman–Crippen LogP) is 2.97. The Hall–Kier alpha value is -3.71. The van der Waals surface area contributed by atoms with Crippen molar-refractivity contribution < 1.29 is 26.3 Å². The van der Waals surface area contributed by atoms with Gasteiger partial charge in [0, 0.05) is 11.6 Å². The van der Waals surface area contributed by atoms with Gasteiger partial charge < -0.3 is 9.84 Å². The molecular formula is C19H16F2N6O4S. The number of hydrogen-bond acceptors (Lipinski definition) is 8. The summed E-state index contributed by atoms with van der Waals surface area (Å²) < 4.78 is 66.3. The van der Waals surface area contributed by atoms with Crippen molar-refractivity contribution in [3.8, 4) is 22.9 Å². The molecule has 4 rings (SSSR count). The third-order valence-corrected chi connectivity index (χ3v) is 5.53. The summed E-state index contributed by atoms with van der Waals surface area (Å²) >= 11 is 0. The molecule has 10 nitrogen and oxygen atoms in total. The van der Waals surface area contributed by atoms with Crippen LogP contribution in [0.15, 0.2) is 53.4 Å². The maximum Gasteiger partial charge on any atom is 0.285 e. The van der Waals surface area contributed by atoms with E-state index in [1.807, 2.05) is 0 Å². The van der Waals surface area contributed by atoms with Crippen LogP contribution < -0.4 is 5.32 Å². The van der Waals surface area contributed by atoms with E-state index in [0.29, 0.717) is 17.0 Å². The maximum atomic E-state index is 14.2. The third kappa shape index (κ3) is 4.48. The van der Waals surface area contributed by atoms with E-state index in [4.69, 9.17) is 9.08 Å². The monoisotopic (exact) mass is 462 g/mol. The fourth-order valence-corrected chi connectivity index (χ4v) is 3.10. The average molecular weight is 462 g/mol. The molecule has 0 fully saturated rings. The van der Waals surface area contributed by atoms with Crippen LogP contribution in [0.2, 0.25) is 0 Å². The first kappa shape index (κ1) is 21.5. The van der Waals surface area contributed by atoms with E-state index in [9.17, 15) is 17.2 Å². The van der Waals surface area contributed by atoms with Crippen molar-refractivity contribution in [3.05, 3.63) is 66.1 Å². The number of hydrogen-bond donors (Lipinski definition) is 2. The molecule has 0 bridgehead atoms. The van der Waals surface area contributed by atoms with Gasteiger partial charge in [-0.25, -0.2) is 18.7 Å². The molecule has 0 saturated heterocycles. The van der Waals surface area contributed by atoms with Crippen molar-refractivity contribution in [1.82, 2.24) is 24.9 Å². The second-order valence-corrected chi connectivity index (χ2v) is 8.48. The Bertz CT molecular complexity index is 1360. The molecule has 0 saturated carbocycles. The molecule has 3 aromatic heterocycles. The number of halogens is 2. The van der Waals surface area contributed by atoms with Gasteiger partial charge in [0.05, 0.1) is 18.4 Å². The van der Waals surface area contributed by atoms with Gasteiger partial charge in [0.25, 0.3) is 10.1 Å². The Kier molecular flexibility index (Phi) is 5.67. The standard InChI is InChI=1S/C19H16F2N6O4S/c1-11(32(28,29)30)23-18-14(21)9-22-19(24-18)16-8-17(15-6-7-31-26-15)27(25-16)10-12-4-2-3-5-13(12)20/h2-9,11H,10H2,1H3,(H,22,23,24)(H,28,29,30). The first-order valence-electron chi connectivity index (χ1n) is 9.20. The molecule has 0 aliphatic heterocycles. The van der Waals surface area contributed by atoms with Crippen molar-refractivity contribution >= 4 is 15.9 Å². The highest BCUT2D eigenvalue weighted by Crippen LogP contribution is 2.26. The smallest absolute Gasteiger partial charge is 0.285 e. The van der Waals surface area contributed by atoms with Crippen LogP contribution in [0.3, 0.4) is 0 Å². The van der Waals surface area contributed by atoms with Gasteiger partial charge in [-0.3, -0.25) is 9.23 Å². The summed E-state index contributed by atoms with van der Waals surface area (Å²) in [5, 5.41) is 9.05. The summed E-state index contributed by atoms with van der Waals surface area (Å²) in [5.74, 6) is -1.81. The van der Waals surface area contributed by atoms with Gasteiger partial charge in [0.15, 0.2) is 22.8 Å². The zero-order chi connectivity index (χ0) is 22.9. The highest BCUT2D eigenvalue weighted by molar-refractivity contribution is 7.86. The number of aromatic nitrogens is 5. The molecule has 0 aliphatic rings. The summed E-state index contributed by atoms with van der Waals surface area (Å²) in [6.07, 6.45) is 2.20. The highest BCUT2D eigenvalue weighted by atomic mass is 32.2. The molecule has 0 amide bonds. The molecule has 1 atom stereocenters. The molecule has 1 aromatic carbocycles. The molecular weight excluding hydrogens is 446 g/mol. The second kappa shape index (κ2) is 8.43. The lowest BCUT2D eigenvalue weighted by Gasteiger charge is -2.12. The fourth-order valence-electron chi connectivity index (χ4n) is 2.84. The lowest BCUT2D eigenvalue weighted by molar-refractivity contribution is 0.421. The summed E-state index contributed by atoms with van der Waals surface area (Å²) in [6, 6.07) is 9.34. The minimum atomic E-state index is -4.48. The van der Waals surface area contributed by atoms with Gasteiger partial charge in [-0.1, -0.05) is 23.4 Å². The lowest BCUT2D eigenvalue weighted by atomic mass is 10.2. The van der Waals surface area contributed by atoms with Crippen molar-refractivity contribution in [2.24, 2.45) is 0 Å². The van der Waals surface area contributed by atoms with Crippen molar-refractivity contribution in [2.75, 3.05) is 5.32 Å². The minimum absolute atomic E-state index is 0.0338. The van der Waals surface area contributed by atoms with Gasteiger partial charge in [-0.05, 0) is 19.1 Å². The molecule has 0 aliphatic carbocycles. The van der Waals surface area contributed by atoms with Gasteiger partial charge in [-0.15, -0.1) is 0 Å². The van der Waals surface area contributed by atoms with Crippen LogP contribution in [0.5, 0.6) is 0 Å². The molecule has 166 valence electrons. The summed E-state index contributed by atoms with van der Waals surface area (Å²) in [7, 11) is -4.48. The fraction of sp³-hybridized carbons (Fsp3) is 0.158. The SMILES string of the molecule is CC(Nc1nc(-c2cc(-c3ccon3)n(Cc3ccccc3F)n2)ncc1F)S(=O)(=O)O. The Morgan fingerprint density at radius 1 is 1.19 bits per heavy atom. The van der Waals surface area contributed by atoms with E-state index in [0.717, 1.165) is 13.1 Å². The van der Waals surface area contributed by atoms with Crippen LogP contribution in [0.1, 0.15) is 12.5 Å². The average Bonchev–Trinajstić information content (AvgIpc) is 3.40. The van der Waals surface area contributed by atoms with E-state index in [2.05, 4.69) is 25.5 Å². The summed E-state index contributed by atoms with van der Waals surface area (Å²) in [4.78, 5) is 7.90. The second-order valence-electron chi connectivity index (χ2n) is 6.74. The molecule has 32 heavy (non-hydrogen) atoms. The van der Waals surface area contributed by atoms with Crippen LogP contribution >= 0.6 is 0 Å². The van der Waals surface area contributed by atoms with E-state index in [1.165, 1.54) is 17.0 Å². The first-order chi connectivity index (χ1) is 15.2. The quantitative estimate of drug-likeness (QED) is 0.397.